The van der Waals surface area contributed by atoms with Crippen LogP contribution in [0.15, 0.2) is 48.5 Å². The zero-order valence-electron chi connectivity index (χ0n) is 20.6. The van der Waals surface area contributed by atoms with Gasteiger partial charge in [-0.3, -0.25) is 4.79 Å². The van der Waals surface area contributed by atoms with Gasteiger partial charge in [0.2, 0.25) is 0 Å². The van der Waals surface area contributed by atoms with Gasteiger partial charge in [-0.15, -0.1) is 0 Å². The van der Waals surface area contributed by atoms with Gasteiger partial charge in [0.15, 0.2) is 0 Å². The van der Waals surface area contributed by atoms with Gasteiger partial charge >= 0.3 is 0 Å². The fraction of sp³-hybridized carbons (Fsp3) is 0.467. The molecule has 3 aromatic rings. The average Bonchev–Trinajstić information content (AvgIpc) is 2.90. The molecule has 0 radical (unpaired) electrons. The quantitative estimate of drug-likeness (QED) is 0.404. The number of methoxy groups -OCH3 is 1. The first-order valence-electron chi connectivity index (χ1n) is 13.0. The smallest absolute Gasteiger partial charge is 0.255 e. The van der Waals surface area contributed by atoms with E-state index in [1.54, 1.807) is 7.11 Å². The highest BCUT2D eigenvalue weighted by molar-refractivity contribution is 6.09. The molecule has 0 spiro atoms. The maximum absolute atomic E-state index is 14.5. The van der Waals surface area contributed by atoms with Crippen molar-refractivity contribution in [1.29, 1.82) is 0 Å². The van der Waals surface area contributed by atoms with Crippen LogP contribution in [0.3, 0.4) is 0 Å². The highest BCUT2D eigenvalue weighted by Crippen LogP contribution is 2.36. The first-order chi connectivity index (χ1) is 16.7. The second-order valence-corrected chi connectivity index (χ2v) is 10.0. The number of benzene rings is 2. The van der Waals surface area contributed by atoms with Crippen LogP contribution in [0.25, 0.3) is 22.2 Å². The van der Waals surface area contributed by atoms with E-state index in [2.05, 4.69) is 17.9 Å². The maximum Gasteiger partial charge on any atom is 0.255 e. The van der Waals surface area contributed by atoms with Crippen LogP contribution in [-0.2, 0) is 0 Å². The Bertz CT molecular complexity index is 1120. The summed E-state index contributed by atoms with van der Waals surface area (Å²) in [7, 11) is 1.68. The van der Waals surface area contributed by atoms with Crippen molar-refractivity contribution in [3.8, 4) is 17.0 Å². The largest absolute Gasteiger partial charge is 0.497 e. The average molecular weight is 457 g/mol. The molecule has 2 aliphatic carbocycles. The van der Waals surface area contributed by atoms with Crippen molar-refractivity contribution in [3.63, 3.8) is 0 Å². The molecule has 0 saturated heterocycles. The van der Waals surface area contributed by atoms with E-state index >= 15 is 0 Å². The van der Waals surface area contributed by atoms with Crippen LogP contribution in [0.2, 0.25) is 0 Å². The summed E-state index contributed by atoms with van der Waals surface area (Å²) in [6, 6.07) is 16.9. The van der Waals surface area contributed by atoms with Crippen molar-refractivity contribution in [2.24, 2.45) is 0 Å². The summed E-state index contributed by atoms with van der Waals surface area (Å²) in [6.45, 7) is 2.08. The second-order valence-electron chi connectivity index (χ2n) is 10.0. The monoisotopic (exact) mass is 456 g/mol. The number of aromatic nitrogens is 1. The number of hydrogen-bond acceptors (Lipinski definition) is 3. The van der Waals surface area contributed by atoms with Gasteiger partial charge in [0.1, 0.15) is 5.75 Å². The Morgan fingerprint density at radius 3 is 2.03 bits per heavy atom. The highest BCUT2D eigenvalue weighted by Gasteiger charge is 2.34. The number of hydrogen-bond donors (Lipinski definition) is 0. The predicted molar refractivity (Wildman–Crippen MR) is 138 cm³/mol. The third-order valence-electron chi connectivity index (χ3n) is 7.88. The Balaban J connectivity index is 1.64. The molecule has 2 fully saturated rings. The molecule has 0 unspecified atom stereocenters. The van der Waals surface area contributed by atoms with Crippen LogP contribution in [0.5, 0.6) is 5.75 Å². The lowest BCUT2D eigenvalue weighted by Gasteiger charge is -2.42. The molecule has 1 aromatic heterocycles. The molecular weight excluding hydrogens is 420 g/mol. The zero-order chi connectivity index (χ0) is 23.5. The van der Waals surface area contributed by atoms with Gasteiger partial charge < -0.3 is 9.64 Å². The summed E-state index contributed by atoms with van der Waals surface area (Å²) in [5, 5.41) is 0.971. The lowest BCUT2D eigenvalue weighted by atomic mass is 9.87. The predicted octanol–water partition coefficient (Wildman–Crippen LogP) is 7.33. The molecule has 34 heavy (non-hydrogen) atoms. The van der Waals surface area contributed by atoms with Gasteiger partial charge in [0, 0.05) is 23.0 Å². The molecule has 0 bridgehead atoms. The van der Waals surface area contributed by atoms with E-state index in [0.717, 1.165) is 64.7 Å². The van der Waals surface area contributed by atoms with E-state index in [1.807, 2.05) is 42.5 Å². The Kier molecular flexibility index (Phi) is 6.85. The highest BCUT2D eigenvalue weighted by atomic mass is 16.5. The van der Waals surface area contributed by atoms with Crippen LogP contribution in [0.4, 0.5) is 0 Å². The van der Waals surface area contributed by atoms with Gasteiger partial charge in [0.05, 0.1) is 23.9 Å². The minimum Gasteiger partial charge on any atom is -0.497 e. The third-order valence-corrected chi connectivity index (χ3v) is 7.88. The van der Waals surface area contributed by atoms with Gasteiger partial charge in [-0.05, 0) is 68.5 Å². The van der Waals surface area contributed by atoms with Gasteiger partial charge in [0.25, 0.3) is 5.91 Å². The van der Waals surface area contributed by atoms with Crippen LogP contribution in [0.1, 0.15) is 80.1 Å². The van der Waals surface area contributed by atoms with Crippen LogP contribution in [-0.4, -0.2) is 35.0 Å². The van der Waals surface area contributed by atoms with E-state index in [4.69, 9.17) is 9.72 Å². The Hall–Kier alpha value is -2.88. The summed E-state index contributed by atoms with van der Waals surface area (Å²) in [5.41, 5.74) is 4.60. The van der Waals surface area contributed by atoms with E-state index in [0.29, 0.717) is 12.1 Å². The number of rotatable bonds is 5. The number of carbonyl (C=O) groups excluding carboxylic acids is 1. The lowest BCUT2D eigenvalue weighted by Crippen LogP contribution is -2.49. The fourth-order valence-corrected chi connectivity index (χ4v) is 6.09. The number of fused-ring (bicyclic) bond motifs is 1. The number of amides is 1. The molecule has 1 heterocycles. The molecule has 2 saturated carbocycles. The number of pyridine rings is 1. The molecule has 5 rings (SSSR count). The van der Waals surface area contributed by atoms with E-state index in [9.17, 15) is 4.79 Å². The minimum atomic E-state index is 0.213. The number of nitrogens with zero attached hydrogens (tertiary/aromatic N) is 2. The summed E-state index contributed by atoms with van der Waals surface area (Å²) in [4.78, 5) is 21.9. The second kappa shape index (κ2) is 10.2. The van der Waals surface area contributed by atoms with Crippen molar-refractivity contribution >= 4 is 16.8 Å². The first kappa shape index (κ1) is 22.9. The molecule has 178 valence electrons. The summed E-state index contributed by atoms with van der Waals surface area (Å²) >= 11 is 0. The maximum atomic E-state index is 14.5. The van der Waals surface area contributed by atoms with Crippen molar-refractivity contribution in [3.05, 3.63) is 59.7 Å². The topological polar surface area (TPSA) is 42.4 Å². The Morgan fingerprint density at radius 2 is 1.44 bits per heavy atom. The van der Waals surface area contributed by atoms with Crippen molar-refractivity contribution in [2.45, 2.75) is 83.2 Å². The summed E-state index contributed by atoms with van der Waals surface area (Å²) in [5.74, 6) is 1.03. The number of ether oxygens (including phenoxy) is 1. The van der Waals surface area contributed by atoms with Gasteiger partial charge in [-0.2, -0.15) is 0 Å². The van der Waals surface area contributed by atoms with Crippen LogP contribution < -0.4 is 4.74 Å². The standard InChI is InChI=1S/C30H36N2O2/c1-21-28(30(33)32(23-11-5-3-6-12-23)24-13-7-4-8-14-24)26-15-9-10-16-27(26)31-29(21)22-17-19-25(34-2)20-18-22/h9-10,15-20,23-24H,3-8,11-14H2,1-2H3. The van der Waals surface area contributed by atoms with Crippen molar-refractivity contribution in [1.82, 2.24) is 9.88 Å². The lowest BCUT2D eigenvalue weighted by molar-refractivity contribution is 0.0450. The molecule has 4 nitrogen and oxygen atoms in total. The minimum absolute atomic E-state index is 0.213. The number of carbonyl (C=O) groups is 1. The molecule has 4 heteroatoms. The SMILES string of the molecule is COc1ccc(-c2nc3ccccc3c(C(=O)N(C3CCCCC3)C3CCCCC3)c2C)cc1. The van der Waals surface area contributed by atoms with Crippen molar-refractivity contribution < 1.29 is 9.53 Å². The fourth-order valence-electron chi connectivity index (χ4n) is 6.09. The molecule has 0 atom stereocenters. The van der Waals surface area contributed by atoms with E-state index in [-0.39, 0.29) is 5.91 Å². The zero-order valence-corrected chi connectivity index (χ0v) is 20.6. The molecule has 2 aromatic carbocycles. The molecule has 0 N–H and O–H groups in total. The number of para-hydroxylation sites is 1. The molecule has 0 aliphatic heterocycles. The van der Waals surface area contributed by atoms with Gasteiger partial charge in [-0.25, -0.2) is 4.98 Å². The van der Waals surface area contributed by atoms with E-state index in [1.165, 1.54) is 38.5 Å². The molecule has 1 amide bonds. The molecule has 2 aliphatic rings. The Labute approximate surface area is 203 Å². The third kappa shape index (κ3) is 4.43. The van der Waals surface area contributed by atoms with E-state index < -0.39 is 0 Å². The summed E-state index contributed by atoms with van der Waals surface area (Å²) in [6.07, 6.45) is 12.0. The van der Waals surface area contributed by atoms with Gasteiger partial charge in [-0.1, -0.05) is 56.7 Å². The molecular formula is C30H36N2O2. The first-order valence-corrected chi connectivity index (χ1v) is 13.0. The van der Waals surface area contributed by atoms with Crippen LogP contribution >= 0.6 is 0 Å². The Morgan fingerprint density at radius 1 is 0.853 bits per heavy atom. The normalized spacial score (nSPS) is 17.6. The van der Waals surface area contributed by atoms with Crippen molar-refractivity contribution in [2.75, 3.05) is 7.11 Å². The summed E-state index contributed by atoms with van der Waals surface area (Å²) < 4.78 is 5.35. The van der Waals surface area contributed by atoms with Crippen LogP contribution in [0, 0.1) is 6.92 Å².